The Kier molecular flexibility index (Phi) is 4.05. The molecule has 2 aromatic rings. The summed E-state index contributed by atoms with van der Waals surface area (Å²) in [6, 6.07) is 10.0. The molecule has 4 nitrogen and oxygen atoms in total. The first kappa shape index (κ1) is 13.4. The van der Waals surface area contributed by atoms with Crippen LogP contribution in [0.2, 0.25) is 5.02 Å². The molecule has 1 aromatic carbocycles. The Bertz CT molecular complexity index is 683. The zero-order chi connectivity index (χ0) is 13.8. The lowest BCUT2D eigenvalue weighted by Gasteiger charge is -2.06. The van der Waals surface area contributed by atoms with Gasteiger partial charge in [0.25, 0.3) is 0 Å². The van der Waals surface area contributed by atoms with Crippen LogP contribution in [0.4, 0.5) is 0 Å². The quantitative estimate of drug-likeness (QED) is 0.937. The van der Waals surface area contributed by atoms with Gasteiger partial charge in [0.1, 0.15) is 11.1 Å². The van der Waals surface area contributed by atoms with Gasteiger partial charge in [0.2, 0.25) is 0 Å². The van der Waals surface area contributed by atoms with E-state index in [1.165, 1.54) is 12.3 Å². The summed E-state index contributed by atoms with van der Waals surface area (Å²) in [5.74, 6) is -1.06. The second kappa shape index (κ2) is 5.74. The Labute approximate surface area is 118 Å². The predicted molar refractivity (Wildman–Crippen MR) is 71.5 cm³/mol. The maximum atomic E-state index is 11.1. The molecule has 0 aliphatic rings. The summed E-state index contributed by atoms with van der Waals surface area (Å²) in [5.41, 5.74) is 0.410. The number of halogens is 1. The smallest absolute Gasteiger partial charge is 0.338 e. The molecule has 0 radical (unpaired) electrons. The SMILES string of the molecule is N#Cc1c(Cl)cccc1Sc1ncccc1C(=O)O. The van der Waals surface area contributed by atoms with Crippen LogP contribution in [-0.2, 0) is 0 Å². The van der Waals surface area contributed by atoms with Crippen LogP contribution in [0.1, 0.15) is 15.9 Å². The number of carbonyl (C=O) groups is 1. The van der Waals surface area contributed by atoms with Crippen LogP contribution >= 0.6 is 23.4 Å². The van der Waals surface area contributed by atoms with Crippen LogP contribution in [-0.4, -0.2) is 16.1 Å². The molecule has 0 spiro atoms. The zero-order valence-corrected chi connectivity index (χ0v) is 11.1. The summed E-state index contributed by atoms with van der Waals surface area (Å²) in [5, 5.41) is 18.8. The molecule has 0 aliphatic heterocycles. The summed E-state index contributed by atoms with van der Waals surface area (Å²) >= 11 is 7.03. The number of hydrogen-bond donors (Lipinski definition) is 1. The molecule has 19 heavy (non-hydrogen) atoms. The van der Waals surface area contributed by atoms with E-state index in [2.05, 4.69) is 4.98 Å². The highest BCUT2D eigenvalue weighted by Crippen LogP contribution is 2.33. The van der Waals surface area contributed by atoms with E-state index in [0.717, 1.165) is 11.8 Å². The summed E-state index contributed by atoms with van der Waals surface area (Å²) in [7, 11) is 0. The number of aromatic carboxylic acids is 1. The zero-order valence-electron chi connectivity index (χ0n) is 9.50. The van der Waals surface area contributed by atoms with Crippen LogP contribution in [0.15, 0.2) is 46.5 Å². The van der Waals surface area contributed by atoms with Gasteiger partial charge in [-0.15, -0.1) is 0 Å². The minimum atomic E-state index is -1.06. The molecule has 1 N–H and O–H groups in total. The second-order valence-corrected chi connectivity index (χ2v) is 4.93. The number of nitrogens with zero attached hydrogens (tertiary/aromatic N) is 2. The van der Waals surface area contributed by atoms with Crippen LogP contribution in [0.3, 0.4) is 0 Å². The van der Waals surface area contributed by atoms with Gasteiger partial charge in [0, 0.05) is 11.1 Å². The molecule has 0 saturated heterocycles. The van der Waals surface area contributed by atoms with E-state index in [-0.39, 0.29) is 5.56 Å². The lowest BCUT2D eigenvalue weighted by molar-refractivity contribution is 0.0692. The van der Waals surface area contributed by atoms with E-state index in [1.54, 1.807) is 24.3 Å². The van der Waals surface area contributed by atoms with Crippen molar-refractivity contribution >= 4 is 29.3 Å². The van der Waals surface area contributed by atoms with Crippen molar-refractivity contribution in [1.82, 2.24) is 4.98 Å². The fourth-order valence-electron chi connectivity index (χ4n) is 1.44. The van der Waals surface area contributed by atoms with Crippen LogP contribution in [0, 0.1) is 11.3 Å². The molecule has 0 fully saturated rings. The molecular weight excluding hydrogens is 284 g/mol. The molecule has 94 valence electrons. The minimum Gasteiger partial charge on any atom is -0.478 e. The highest BCUT2D eigenvalue weighted by atomic mass is 35.5. The second-order valence-electron chi connectivity index (χ2n) is 3.49. The van der Waals surface area contributed by atoms with Crippen LogP contribution < -0.4 is 0 Å². The van der Waals surface area contributed by atoms with Gasteiger partial charge in [-0.3, -0.25) is 0 Å². The Morgan fingerprint density at radius 1 is 1.37 bits per heavy atom. The molecule has 0 unspecified atom stereocenters. The lowest BCUT2D eigenvalue weighted by Crippen LogP contribution is -2.00. The summed E-state index contributed by atoms with van der Waals surface area (Å²) < 4.78 is 0. The first-order valence-corrected chi connectivity index (χ1v) is 6.37. The van der Waals surface area contributed by atoms with Gasteiger partial charge >= 0.3 is 5.97 Å². The third-order valence-corrected chi connectivity index (χ3v) is 3.69. The third-order valence-electron chi connectivity index (χ3n) is 2.30. The Morgan fingerprint density at radius 2 is 2.16 bits per heavy atom. The number of pyridine rings is 1. The molecule has 0 bridgehead atoms. The molecule has 0 saturated carbocycles. The topological polar surface area (TPSA) is 74.0 Å². The number of nitriles is 1. The maximum Gasteiger partial charge on any atom is 0.338 e. The molecule has 1 heterocycles. The van der Waals surface area contributed by atoms with Crippen molar-refractivity contribution in [3.8, 4) is 6.07 Å². The molecule has 0 aliphatic carbocycles. The first-order chi connectivity index (χ1) is 9.13. The van der Waals surface area contributed by atoms with Crippen LogP contribution in [0.5, 0.6) is 0 Å². The predicted octanol–water partition coefficient (Wildman–Crippen LogP) is 3.46. The van der Waals surface area contributed by atoms with Crippen molar-refractivity contribution in [3.63, 3.8) is 0 Å². The van der Waals surface area contributed by atoms with Gasteiger partial charge in [0.15, 0.2) is 0 Å². The molecule has 0 amide bonds. The number of aromatic nitrogens is 1. The molecule has 6 heteroatoms. The van der Waals surface area contributed by atoms with E-state index < -0.39 is 5.97 Å². The lowest BCUT2D eigenvalue weighted by atomic mass is 10.2. The normalized spacial score (nSPS) is 9.89. The largest absolute Gasteiger partial charge is 0.478 e. The first-order valence-electron chi connectivity index (χ1n) is 5.18. The van der Waals surface area contributed by atoms with Crippen molar-refractivity contribution in [2.75, 3.05) is 0 Å². The van der Waals surface area contributed by atoms with Crippen LogP contribution in [0.25, 0.3) is 0 Å². The molecule has 0 atom stereocenters. The van der Waals surface area contributed by atoms with Crippen molar-refractivity contribution < 1.29 is 9.90 Å². The average Bonchev–Trinajstić information content (AvgIpc) is 2.39. The highest BCUT2D eigenvalue weighted by molar-refractivity contribution is 7.99. The Morgan fingerprint density at radius 3 is 2.84 bits per heavy atom. The monoisotopic (exact) mass is 290 g/mol. The van der Waals surface area contributed by atoms with E-state index in [4.69, 9.17) is 22.0 Å². The van der Waals surface area contributed by atoms with Gasteiger partial charge in [-0.2, -0.15) is 5.26 Å². The van der Waals surface area contributed by atoms with E-state index >= 15 is 0 Å². The van der Waals surface area contributed by atoms with Crippen molar-refractivity contribution in [2.45, 2.75) is 9.92 Å². The maximum absolute atomic E-state index is 11.1. The van der Waals surface area contributed by atoms with Gasteiger partial charge < -0.3 is 5.11 Å². The molecule has 2 rings (SSSR count). The van der Waals surface area contributed by atoms with E-state index in [9.17, 15) is 4.79 Å². The summed E-state index contributed by atoms with van der Waals surface area (Å²) in [6.45, 7) is 0. The van der Waals surface area contributed by atoms with Gasteiger partial charge in [-0.25, -0.2) is 9.78 Å². The number of benzene rings is 1. The summed E-state index contributed by atoms with van der Waals surface area (Å²) in [4.78, 5) is 15.7. The van der Waals surface area contributed by atoms with Gasteiger partial charge in [0.05, 0.1) is 16.1 Å². The van der Waals surface area contributed by atoms with Crippen molar-refractivity contribution in [3.05, 3.63) is 52.7 Å². The number of carboxylic acids is 1. The highest BCUT2D eigenvalue weighted by Gasteiger charge is 2.14. The van der Waals surface area contributed by atoms with E-state index in [1.807, 2.05) is 6.07 Å². The number of hydrogen-bond acceptors (Lipinski definition) is 4. The Hall–Kier alpha value is -2.03. The van der Waals surface area contributed by atoms with Crippen molar-refractivity contribution in [2.24, 2.45) is 0 Å². The van der Waals surface area contributed by atoms with Crippen molar-refractivity contribution in [1.29, 1.82) is 5.26 Å². The summed E-state index contributed by atoms with van der Waals surface area (Å²) in [6.07, 6.45) is 1.51. The minimum absolute atomic E-state index is 0.0939. The number of rotatable bonds is 3. The standard InChI is InChI=1S/C13H7ClN2O2S/c14-10-4-1-5-11(9(10)7-15)19-12-8(13(17)18)3-2-6-16-12/h1-6H,(H,17,18). The fourth-order valence-corrected chi connectivity index (χ4v) is 2.70. The van der Waals surface area contributed by atoms with Gasteiger partial charge in [-0.1, -0.05) is 29.4 Å². The fraction of sp³-hybridized carbons (Fsp3) is 0. The van der Waals surface area contributed by atoms with E-state index in [0.29, 0.717) is 20.5 Å². The molecule has 1 aromatic heterocycles. The third kappa shape index (κ3) is 2.87. The van der Waals surface area contributed by atoms with Gasteiger partial charge in [-0.05, 0) is 24.3 Å². The Balaban J connectivity index is 2.46. The number of carboxylic acid groups (broad SMARTS) is 1. The average molecular weight is 291 g/mol. The molecular formula is C13H7ClN2O2S.